The van der Waals surface area contributed by atoms with Crippen molar-refractivity contribution >= 4 is 5.96 Å². The van der Waals surface area contributed by atoms with Crippen molar-refractivity contribution < 1.29 is 0 Å². The van der Waals surface area contributed by atoms with Crippen molar-refractivity contribution in [3.8, 4) is 0 Å². The molecule has 0 unspecified atom stereocenters. The van der Waals surface area contributed by atoms with Crippen LogP contribution in [-0.4, -0.2) is 28.8 Å². The van der Waals surface area contributed by atoms with Gasteiger partial charge in [0.15, 0.2) is 5.96 Å². The van der Waals surface area contributed by atoms with Crippen LogP contribution in [0, 0.1) is 0 Å². The zero-order valence-corrected chi connectivity index (χ0v) is 13.4. The van der Waals surface area contributed by atoms with Crippen molar-refractivity contribution in [3.63, 3.8) is 0 Å². The zero-order chi connectivity index (χ0) is 15.6. The molecular formula is C17H25N5. The molecule has 1 heterocycles. The first-order chi connectivity index (χ1) is 10.8. The molecule has 2 N–H and O–H groups in total. The molecule has 5 nitrogen and oxygen atoms in total. The minimum Gasteiger partial charge on any atom is -0.357 e. The van der Waals surface area contributed by atoms with E-state index in [1.807, 2.05) is 17.8 Å². The zero-order valence-electron chi connectivity index (χ0n) is 13.4. The van der Waals surface area contributed by atoms with Gasteiger partial charge in [-0.25, -0.2) is 4.99 Å². The fourth-order valence-corrected chi connectivity index (χ4v) is 2.20. The van der Waals surface area contributed by atoms with Gasteiger partial charge in [-0.2, -0.15) is 5.10 Å². The third kappa shape index (κ3) is 5.24. The molecule has 0 amide bonds. The molecule has 1 aromatic heterocycles. The number of nitrogens with zero attached hydrogens (tertiary/aromatic N) is 3. The summed E-state index contributed by atoms with van der Waals surface area (Å²) in [5, 5.41) is 10.8. The van der Waals surface area contributed by atoms with Crippen molar-refractivity contribution in [2.45, 2.75) is 26.3 Å². The van der Waals surface area contributed by atoms with Crippen LogP contribution in [0.5, 0.6) is 0 Å². The Labute approximate surface area is 132 Å². The number of nitrogens with one attached hydrogen (secondary N) is 2. The second-order valence-electron chi connectivity index (χ2n) is 5.16. The molecule has 0 atom stereocenters. The van der Waals surface area contributed by atoms with Gasteiger partial charge in [0, 0.05) is 26.3 Å². The highest BCUT2D eigenvalue weighted by Gasteiger charge is 2.00. The number of aromatic nitrogens is 2. The summed E-state index contributed by atoms with van der Waals surface area (Å²) in [7, 11) is 1.94. The number of benzene rings is 1. The molecule has 0 radical (unpaired) electrons. The van der Waals surface area contributed by atoms with Crippen molar-refractivity contribution in [1.29, 1.82) is 0 Å². The Morgan fingerprint density at radius 1 is 1.18 bits per heavy atom. The second kappa shape index (κ2) is 8.87. The average molecular weight is 299 g/mol. The van der Waals surface area contributed by atoms with E-state index in [1.165, 1.54) is 5.56 Å². The van der Waals surface area contributed by atoms with Crippen molar-refractivity contribution in [2.24, 2.45) is 12.0 Å². The Morgan fingerprint density at radius 2 is 2.00 bits per heavy atom. The van der Waals surface area contributed by atoms with Gasteiger partial charge in [0.25, 0.3) is 0 Å². The summed E-state index contributed by atoms with van der Waals surface area (Å²) in [6.45, 7) is 4.47. The van der Waals surface area contributed by atoms with Gasteiger partial charge in [-0.3, -0.25) is 4.68 Å². The maximum Gasteiger partial charge on any atom is 0.191 e. The van der Waals surface area contributed by atoms with Crippen LogP contribution >= 0.6 is 0 Å². The van der Waals surface area contributed by atoms with Crippen LogP contribution in [0.25, 0.3) is 0 Å². The van der Waals surface area contributed by atoms with E-state index in [1.54, 1.807) is 6.20 Å². The largest absolute Gasteiger partial charge is 0.357 e. The lowest BCUT2D eigenvalue weighted by Crippen LogP contribution is -2.37. The predicted molar refractivity (Wildman–Crippen MR) is 90.8 cm³/mol. The lowest BCUT2D eigenvalue weighted by molar-refractivity contribution is 0.703. The number of hydrogen-bond acceptors (Lipinski definition) is 2. The van der Waals surface area contributed by atoms with E-state index in [9.17, 15) is 0 Å². The first-order valence-electron chi connectivity index (χ1n) is 7.82. The quantitative estimate of drug-likeness (QED) is 0.468. The van der Waals surface area contributed by atoms with Crippen LogP contribution in [0.15, 0.2) is 47.6 Å². The molecule has 2 aromatic rings. The highest BCUT2D eigenvalue weighted by atomic mass is 15.3. The highest BCUT2D eigenvalue weighted by Crippen LogP contribution is 2.01. The summed E-state index contributed by atoms with van der Waals surface area (Å²) in [4.78, 5) is 4.59. The molecule has 0 aliphatic rings. The second-order valence-corrected chi connectivity index (χ2v) is 5.16. The Hall–Kier alpha value is -2.30. The van der Waals surface area contributed by atoms with Crippen LogP contribution in [-0.2, 0) is 20.0 Å². The van der Waals surface area contributed by atoms with E-state index >= 15 is 0 Å². The Morgan fingerprint density at radius 3 is 2.68 bits per heavy atom. The van der Waals surface area contributed by atoms with Crippen LogP contribution in [0.4, 0.5) is 0 Å². The number of guanidine groups is 1. The molecule has 22 heavy (non-hydrogen) atoms. The van der Waals surface area contributed by atoms with Crippen LogP contribution in [0.2, 0.25) is 0 Å². The standard InChI is InChI=1S/C17H25N5/c1-3-18-17(20-14-16-11-13-21-22(16)2)19-12-7-10-15-8-5-4-6-9-15/h4-6,8-9,11,13H,3,7,10,12,14H2,1-2H3,(H2,18,19,20). The minimum absolute atomic E-state index is 0.629. The van der Waals surface area contributed by atoms with Gasteiger partial charge in [0.2, 0.25) is 0 Å². The predicted octanol–water partition coefficient (Wildman–Crippen LogP) is 2.11. The lowest BCUT2D eigenvalue weighted by atomic mass is 10.1. The summed E-state index contributed by atoms with van der Waals surface area (Å²) >= 11 is 0. The normalized spacial score (nSPS) is 11.5. The van der Waals surface area contributed by atoms with Crippen LogP contribution < -0.4 is 10.6 Å². The molecule has 0 spiro atoms. The van der Waals surface area contributed by atoms with E-state index < -0.39 is 0 Å². The van der Waals surface area contributed by atoms with Crippen LogP contribution in [0.1, 0.15) is 24.6 Å². The van der Waals surface area contributed by atoms with Crippen molar-refractivity contribution in [1.82, 2.24) is 20.4 Å². The molecule has 118 valence electrons. The van der Waals surface area contributed by atoms with Crippen LogP contribution in [0.3, 0.4) is 0 Å². The molecule has 1 aromatic carbocycles. The van der Waals surface area contributed by atoms with Gasteiger partial charge in [-0.15, -0.1) is 0 Å². The first-order valence-corrected chi connectivity index (χ1v) is 7.82. The monoisotopic (exact) mass is 299 g/mol. The topological polar surface area (TPSA) is 54.2 Å². The number of aliphatic imine (C=N–C) groups is 1. The third-order valence-corrected chi connectivity index (χ3v) is 3.44. The van der Waals surface area contributed by atoms with Crippen molar-refractivity contribution in [2.75, 3.05) is 13.1 Å². The smallest absolute Gasteiger partial charge is 0.191 e. The number of aryl methyl sites for hydroxylation is 2. The first kappa shape index (κ1) is 16.1. The van der Waals surface area contributed by atoms with Gasteiger partial charge in [0.05, 0.1) is 12.2 Å². The van der Waals surface area contributed by atoms with Gasteiger partial charge in [-0.1, -0.05) is 30.3 Å². The van der Waals surface area contributed by atoms with Gasteiger partial charge < -0.3 is 10.6 Å². The minimum atomic E-state index is 0.629. The molecule has 0 aliphatic carbocycles. The maximum atomic E-state index is 4.59. The summed E-state index contributed by atoms with van der Waals surface area (Å²) in [6, 6.07) is 12.5. The Bertz CT molecular complexity index is 574. The molecule has 0 saturated carbocycles. The molecule has 0 bridgehead atoms. The summed E-state index contributed by atoms with van der Waals surface area (Å²) in [6.07, 6.45) is 3.96. The summed E-state index contributed by atoms with van der Waals surface area (Å²) in [5.41, 5.74) is 2.47. The summed E-state index contributed by atoms with van der Waals surface area (Å²) in [5.74, 6) is 0.858. The maximum absolute atomic E-state index is 4.59. The number of hydrogen-bond donors (Lipinski definition) is 2. The Kier molecular flexibility index (Phi) is 6.48. The fourth-order valence-electron chi connectivity index (χ4n) is 2.20. The van der Waals surface area contributed by atoms with Gasteiger partial charge in [0.1, 0.15) is 0 Å². The van der Waals surface area contributed by atoms with E-state index in [0.717, 1.165) is 37.6 Å². The molecule has 2 rings (SSSR count). The molecule has 0 fully saturated rings. The number of rotatable bonds is 7. The van der Waals surface area contributed by atoms with E-state index in [4.69, 9.17) is 0 Å². The molecule has 0 aliphatic heterocycles. The summed E-state index contributed by atoms with van der Waals surface area (Å²) < 4.78 is 1.85. The van der Waals surface area contributed by atoms with E-state index in [2.05, 4.69) is 58.0 Å². The average Bonchev–Trinajstić information content (AvgIpc) is 2.95. The highest BCUT2D eigenvalue weighted by molar-refractivity contribution is 5.79. The van der Waals surface area contributed by atoms with E-state index in [-0.39, 0.29) is 0 Å². The molecule has 0 saturated heterocycles. The van der Waals surface area contributed by atoms with Gasteiger partial charge >= 0.3 is 0 Å². The van der Waals surface area contributed by atoms with Crippen molar-refractivity contribution in [3.05, 3.63) is 53.9 Å². The van der Waals surface area contributed by atoms with E-state index in [0.29, 0.717) is 6.54 Å². The van der Waals surface area contributed by atoms with Gasteiger partial charge in [-0.05, 0) is 31.4 Å². The SMILES string of the molecule is CCNC(=NCc1ccnn1C)NCCCc1ccccc1. The Balaban J connectivity index is 1.77. The fraction of sp³-hybridized carbons (Fsp3) is 0.412. The third-order valence-electron chi connectivity index (χ3n) is 3.44. The molecular weight excluding hydrogens is 274 g/mol. The lowest BCUT2D eigenvalue weighted by Gasteiger charge is -2.11. The molecule has 5 heteroatoms.